The third kappa shape index (κ3) is 2.96. The fourth-order valence-electron chi connectivity index (χ4n) is 3.04. The zero-order valence-electron chi connectivity index (χ0n) is 14.1. The first-order chi connectivity index (χ1) is 12.9. The number of esters is 1. The van der Waals surface area contributed by atoms with Crippen molar-refractivity contribution in [3.63, 3.8) is 0 Å². The third-order valence-electron chi connectivity index (χ3n) is 4.60. The SMILES string of the molecule is C[C@@H](OC(=O)C1CC1)[C@H]1C(=O)N2C(C(=O)O)=C(Oc3ccsc3C#N)S[C@H]12. The normalized spacial score (nSPS) is 24.7. The van der Waals surface area contributed by atoms with Gasteiger partial charge in [0.2, 0.25) is 5.91 Å². The second kappa shape index (κ2) is 6.58. The van der Waals surface area contributed by atoms with Gasteiger partial charge in [-0.05, 0) is 31.2 Å². The molecule has 0 spiro atoms. The highest BCUT2D eigenvalue weighted by atomic mass is 32.2. The summed E-state index contributed by atoms with van der Waals surface area (Å²) in [7, 11) is 0. The lowest BCUT2D eigenvalue weighted by Crippen LogP contribution is -2.61. The van der Waals surface area contributed by atoms with Crippen molar-refractivity contribution in [1.29, 1.82) is 5.26 Å². The van der Waals surface area contributed by atoms with E-state index in [2.05, 4.69) is 0 Å². The minimum absolute atomic E-state index is 0.0546. The number of thiophene rings is 1. The Balaban J connectivity index is 1.53. The van der Waals surface area contributed by atoms with Crippen LogP contribution in [0, 0.1) is 23.2 Å². The molecule has 1 aromatic rings. The van der Waals surface area contributed by atoms with Gasteiger partial charge in [0.25, 0.3) is 0 Å². The number of nitriles is 1. The first-order valence-corrected chi connectivity index (χ1v) is 10.0. The minimum atomic E-state index is -1.29. The number of carbonyl (C=O) groups is 3. The molecule has 1 amide bonds. The van der Waals surface area contributed by atoms with Crippen LogP contribution in [0.1, 0.15) is 24.6 Å². The van der Waals surface area contributed by atoms with Crippen molar-refractivity contribution in [3.8, 4) is 11.8 Å². The van der Waals surface area contributed by atoms with Crippen LogP contribution in [0.2, 0.25) is 0 Å². The van der Waals surface area contributed by atoms with Crippen LogP contribution < -0.4 is 4.74 Å². The van der Waals surface area contributed by atoms with Gasteiger partial charge in [-0.15, -0.1) is 11.3 Å². The van der Waals surface area contributed by atoms with Gasteiger partial charge in [-0.25, -0.2) is 4.79 Å². The third-order valence-corrected chi connectivity index (χ3v) is 6.64. The van der Waals surface area contributed by atoms with E-state index in [1.165, 1.54) is 11.3 Å². The number of amides is 1. The number of fused-ring (bicyclic) bond motifs is 1. The first-order valence-electron chi connectivity index (χ1n) is 8.25. The zero-order chi connectivity index (χ0) is 19.3. The highest BCUT2D eigenvalue weighted by Crippen LogP contribution is 2.51. The Hall–Kier alpha value is -2.51. The quantitative estimate of drug-likeness (QED) is 0.564. The van der Waals surface area contributed by atoms with E-state index < -0.39 is 29.3 Å². The van der Waals surface area contributed by atoms with Crippen molar-refractivity contribution >= 4 is 40.9 Å². The average molecular weight is 406 g/mol. The minimum Gasteiger partial charge on any atom is -0.476 e. The van der Waals surface area contributed by atoms with Crippen LogP contribution in [0.4, 0.5) is 0 Å². The van der Waals surface area contributed by atoms with Crippen molar-refractivity contribution in [1.82, 2.24) is 4.90 Å². The predicted octanol–water partition coefficient (Wildman–Crippen LogP) is 2.13. The largest absolute Gasteiger partial charge is 0.476 e. The summed E-state index contributed by atoms with van der Waals surface area (Å²) in [6.45, 7) is 1.65. The predicted molar refractivity (Wildman–Crippen MR) is 94.3 cm³/mol. The Morgan fingerprint density at radius 3 is 2.81 bits per heavy atom. The number of ether oxygens (including phenoxy) is 2. The summed E-state index contributed by atoms with van der Waals surface area (Å²) in [5.74, 6) is -2.47. The topological polar surface area (TPSA) is 117 Å². The van der Waals surface area contributed by atoms with Gasteiger partial charge in [-0.2, -0.15) is 5.26 Å². The summed E-state index contributed by atoms with van der Waals surface area (Å²) in [4.78, 5) is 37.6. The van der Waals surface area contributed by atoms with E-state index in [0.29, 0.717) is 4.88 Å². The van der Waals surface area contributed by atoms with Crippen molar-refractivity contribution in [2.24, 2.45) is 11.8 Å². The van der Waals surface area contributed by atoms with E-state index in [0.717, 1.165) is 29.5 Å². The summed E-state index contributed by atoms with van der Waals surface area (Å²) in [5.41, 5.74) is -0.248. The van der Waals surface area contributed by atoms with Crippen molar-refractivity contribution < 1.29 is 29.0 Å². The highest BCUT2D eigenvalue weighted by molar-refractivity contribution is 8.03. The maximum Gasteiger partial charge on any atom is 0.357 e. The molecule has 1 aromatic heterocycles. The molecule has 0 unspecified atom stereocenters. The summed E-state index contributed by atoms with van der Waals surface area (Å²) in [6, 6.07) is 3.56. The smallest absolute Gasteiger partial charge is 0.357 e. The van der Waals surface area contributed by atoms with E-state index in [1.807, 2.05) is 6.07 Å². The van der Waals surface area contributed by atoms with Gasteiger partial charge in [-0.3, -0.25) is 14.5 Å². The lowest BCUT2D eigenvalue weighted by molar-refractivity contribution is -0.167. The molecule has 10 heteroatoms. The number of carbonyl (C=O) groups excluding carboxylic acids is 2. The number of aliphatic carboxylic acids is 1. The Morgan fingerprint density at radius 1 is 1.44 bits per heavy atom. The van der Waals surface area contributed by atoms with Crippen molar-refractivity contribution in [3.05, 3.63) is 27.1 Å². The van der Waals surface area contributed by atoms with Crippen LogP contribution >= 0.6 is 23.1 Å². The standard InChI is InChI=1S/C17H14N2O6S2/c1-7(24-16(23)8-2-3-8)11-13(20)19-12(15(21)22)17(27-14(11)19)25-9-4-5-26-10(9)6-18/h4-5,7-8,11,14H,2-3H2,1H3,(H,21,22)/t7-,11+,14-/m1/s1. The van der Waals surface area contributed by atoms with Crippen LogP contribution in [-0.2, 0) is 19.1 Å². The Kier molecular flexibility index (Phi) is 4.36. The van der Waals surface area contributed by atoms with Gasteiger partial charge in [0.05, 0.1) is 5.92 Å². The van der Waals surface area contributed by atoms with E-state index in [-0.39, 0.29) is 28.4 Å². The first kappa shape index (κ1) is 17.9. The monoisotopic (exact) mass is 406 g/mol. The molecule has 4 rings (SSSR count). The number of carboxylic acid groups (broad SMARTS) is 1. The van der Waals surface area contributed by atoms with Gasteiger partial charge >= 0.3 is 11.9 Å². The second-order valence-electron chi connectivity index (χ2n) is 6.43. The van der Waals surface area contributed by atoms with E-state index in [1.54, 1.807) is 18.4 Å². The number of hydrogen-bond donors (Lipinski definition) is 1. The van der Waals surface area contributed by atoms with Crippen molar-refractivity contribution in [2.75, 3.05) is 0 Å². The number of nitrogens with zero attached hydrogens (tertiary/aromatic N) is 2. The lowest BCUT2D eigenvalue weighted by atomic mass is 9.92. The number of hydrogen-bond acceptors (Lipinski definition) is 8. The molecule has 27 heavy (non-hydrogen) atoms. The Bertz CT molecular complexity index is 913. The van der Waals surface area contributed by atoms with Crippen molar-refractivity contribution in [2.45, 2.75) is 31.2 Å². The zero-order valence-corrected chi connectivity index (χ0v) is 15.7. The number of rotatable bonds is 6. The summed E-state index contributed by atoms with van der Waals surface area (Å²) in [5, 5.41) is 19.8. The summed E-state index contributed by atoms with van der Waals surface area (Å²) < 4.78 is 11.0. The van der Waals surface area contributed by atoms with Gasteiger partial charge in [0, 0.05) is 0 Å². The number of β-lactam (4-membered cyclic amide) rings is 1. The van der Waals surface area contributed by atoms with Crippen LogP contribution in [0.5, 0.6) is 5.75 Å². The molecule has 1 saturated heterocycles. The molecule has 0 aromatic carbocycles. The molecular weight excluding hydrogens is 392 g/mol. The molecule has 3 atom stereocenters. The molecule has 3 aliphatic rings. The maximum absolute atomic E-state index is 12.6. The van der Waals surface area contributed by atoms with E-state index in [9.17, 15) is 19.5 Å². The highest BCUT2D eigenvalue weighted by Gasteiger charge is 2.60. The number of carboxylic acids is 1. The summed E-state index contributed by atoms with van der Waals surface area (Å²) in [6.07, 6.45) is 0.961. The van der Waals surface area contributed by atoms with Crippen LogP contribution in [0.25, 0.3) is 0 Å². The Labute approximate surface area is 162 Å². The average Bonchev–Trinajstić information content (AvgIpc) is 3.30. The van der Waals surface area contributed by atoms with Crippen LogP contribution in [0.15, 0.2) is 22.2 Å². The molecule has 1 aliphatic carbocycles. The molecule has 1 N–H and O–H groups in total. The van der Waals surface area contributed by atoms with E-state index >= 15 is 0 Å². The summed E-state index contributed by atoms with van der Waals surface area (Å²) >= 11 is 2.27. The van der Waals surface area contributed by atoms with Crippen LogP contribution in [-0.4, -0.2) is 39.3 Å². The van der Waals surface area contributed by atoms with E-state index in [4.69, 9.17) is 14.7 Å². The molecule has 2 fully saturated rings. The van der Waals surface area contributed by atoms with Crippen LogP contribution in [0.3, 0.4) is 0 Å². The van der Waals surface area contributed by atoms with Gasteiger partial charge in [0.1, 0.15) is 28.3 Å². The molecule has 1 saturated carbocycles. The molecular formula is C17H14N2O6S2. The van der Waals surface area contributed by atoms with Gasteiger partial charge < -0.3 is 14.6 Å². The lowest BCUT2D eigenvalue weighted by Gasteiger charge is -2.43. The molecule has 0 radical (unpaired) electrons. The molecule has 2 aliphatic heterocycles. The second-order valence-corrected chi connectivity index (χ2v) is 8.43. The fourth-order valence-corrected chi connectivity index (χ4v) is 5.10. The fraction of sp³-hybridized carbons (Fsp3) is 0.412. The molecule has 3 heterocycles. The maximum atomic E-state index is 12.6. The number of thioether (sulfide) groups is 1. The molecule has 8 nitrogen and oxygen atoms in total. The van der Waals surface area contributed by atoms with Gasteiger partial charge in [-0.1, -0.05) is 11.8 Å². The van der Waals surface area contributed by atoms with Gasteiger partial charge in [0.15, 0.2) is 16.5 Å². The molecule has 0 bridgehead atoms. The molecule has 140 valence electrons. The Morgan fingerprint density at radius 2 is 2.19 bits per heavy atom.